The van der Waals surface area contributed by atoms with Gasteiger partial charge in [0.25, 0.3) is 0 Å². The average molecular weight is 240 g/mol. The molecule has 3 aromatic carbocycles. The van der Waals surface area contributed by atoms with E-state index in [9.17, 15) is 14.3 Å². The molecule has 0 saturated heterocycles. The first-order valence-electron chi connectivity index (χ1n) is 5.51. The fraction of sp³-hybridized carbons (Fsp3) is 0. The minimum Gasteiger partial charge on any atom is -0.478 e. The minimum atomic E-state index is -1.00. The van der Waals surface area contributed by atoms with E-state index in [1.807, 2.05) is 24.3 Å². The Morgan fingerprint density at radius 3 is 2.50 bits per heavy atom. The number of halogens is 1. The maximum Gasteiger partial charge on any atom is 0.336 e. The quantitative estimate of drug-likeness (QED) is 0.656. The van der Waals surface area contributed by atoms with E-state index in [1.165, 1.54) is 18.2 Å². The summed E-state index contributed by atoms with van der Waals surface area (Å²) >= 11 is 0. The van der Waals surface area contributed by atoms with Crippen LogP contribution in [0.25, 0.3) is 21.5 Å². The summed E-state index contributed by atoms with van der Waals surface area (Å²) in [4.78, 5) is 11.2. The van der Waals surface area contributed by atoms with Crippen molar-refractivity contribution in [1.82, 2.24) is 0 Å². The summed E-state index contributed by atoms with van der Waals surface area (Å²) in [5.74, 6) is -1.37. The van der Waals surface area contributed by atoms with Crippen molar-refractivity contribution in [1.29, 1.82) is 0 Å². The summed E-state index contributed by atoms with van der Waals surface area (Å²) in [5.41, 5.74) is 0.198. The Balaban J connectivity index is 2.59. The molecule has 0 aliphatic heterocycles. The highest BCUT2D eigenvalue weighted by atomic mass is 19.1. The van der Waals surface area contributed by atoms with Crippen molar-refractivity contribution < 1.29 is 14.3 Å². The van der Waals surface area contributed by atoms with E-state index in [0.717, 1.165) is 10.8 Å². The van der Waals surface area contributed by atoms with Crippen molar-refractivity contribution >= 4 is 27.5 Å². The van der Waals surface area contributed by atoms with Gasteiger partial charge in [-0.2, -0.15) is 0 Å². The molecule has 1 N–H and O–H groups in total. The zero-order valence-electron chi connectivity index (χ0n) is 9.35. The molecule has 0 amide bonds. The summed E-state index contributed by atoms with van der Waals surface area (Å²) in [6.07, 6.45) is 0. The van der Waals surface area contributed by atoms with Crippen LogP contribution in [-0.2, 0) is 0 Å². The van der Waals surface area contributed by atoms with Crippen molar-refractivity contribution in [3.8, 4) is 0 Å². The van der Waals surface area contributed by atoms with Crippen molar-refractivity contribution in [2.24, 2.45) is 0 Å². The van der Waals surface area contributed by atoms with Gasteiger partial charge in [-0.3, -0.25) is 0 Å². The van der Waals surface area contributed by atoms with Gasteiger partial charge in [0.1, 0.15) is 5.82 Å². The van der Waals surface area contributed by atoms with Crippen molar-refractivity contribution in [3.63, 3.8) is 0 Å². The first kappa shape index (κ1) is 10.7. The molecule has 0 radical (unpaired) electrons. The lowest BCUT2D eigenvalue weighted by Crippen LogP contribution is -1.98. The molecule has 0 aliphatic rings. The number of carboxylic acid groups (broad SMARTS) is 1. The second kappa shape index (κ2) is 3.81. The first-order valence-corrected chi connectivity index (χ1v) is 5.51. The number of hydrogen-bond acceptors (Lipinski definition) is 1. The fourth-order valence-corrected chi connectivity index (χ4v) is 2.25. The lowest BCUT2D eigenvalue weighted by Gasteiger charge is -2.07. The van der Waals surface area contributed by atoms with Crippen LogP contribution < -0.4 is 0 Å². The Morgan fingerprint density at radius 2 is 1.72 bits per heavy atom. The summed E-state index contributed by atoms with van der Waals surface area (Å²) in [7, 11) is 0. The Bertz CT molecular complexity index is 778. The molecule has 0 aromatic heterocycles. The number of benzene rings is 3. The maximum absolute atomic E-state index is 13.3. The molecule has 3 rings (SSSR count). The Hall–Kier alpha value is -2.42. The topological polar surface area (TPSA) is 37.3 Å². The highest BCUT2D eigenvalue weighted by Gasteiger charge is 2.12. The van der Waals surface area contributed by atoms with Crippen LogP contribution in [0.5, 0.6) is 0 Å². The van der Waals surface area contributed by atoms with Gasteiger partial charge >= 0.3 is 5.97 Å². The monoisotopic (exact) mass is 240 g/mol. The predicted molar refractivity (Wildman–Crippen MR) is 68.4 cm³/mol. The number of aromatic carboxylic acids is 1. The highest BCUT2D eigenvalue weighted by molar-refractivity contribution is 6.15. The van der Waals surface area contributed by atoms with Crippen LogP contribution in [0.3, 0.4) is 0 Å². The Morgan fingerprint density at radius 1 is 0.944 bits per heavy atom. The zero-order valence-corrected chi connectivity index (χ0v) is 9.35. The molecule has 18 heavy (non-hydrogen) atoms. The number of carboxylic acids is 1. The lowest BCUT2D eigenvalue weighted by molar-refractivity contribution is 0.0699. The Labute approximate surface area is 102 Å². The molecule has 88 valence electrons. The molecule has 0 bridgehead atoms. The van der Waals surface area contributed by atoms with E-state index >= 15 is 0 Å². The predicted octanol–water partition coefficient (Wildman–Crippen LogP) is 3.83. The third kappa shape index (κ3) is 1.52. The summed E-state index contributed by atoms with van der Waals surface area (Å²) in [5, 5.41) is 12.1. The van der Waals surface area contributed by atoms with Gasteiger partial charge in [-0.05, 0) is 39.7 Å². The average Bonchev–Trinajstić information content (AvgIpc) is 2.37. The molecule has 0 unspecified atom stereocenters. The molecule has 0 aliphatic carbocycles. The second-order valence-electron chi connectivity index (χ2n) is 4.14. The smallest absolute Gasteiger partial charge is 0.336 e. The molecular formula is C15H9FO2. The van der Waals surface area contributed by atoms with Crippen LogP contribution in [0.15, 0.2) is 48.5 Å². The van der Waals surface area contributed by atoms with Gasteiger partial charge in [-0.1, -0.05) is 30.3 Å². The minimum absolute atomic E-state index is 0.198. The van der Waals surface area contributed by atoms with Gasteiger partial charge in [0.2, 0.25) is 0 Å². The van der Waals surface area contributed by atoms with E-state index in [4.69, 9.17) is 0 Å². The van der Waals surface area contributed by atoms with Crippen LogP contribution >= 0.6 is 0 Å². The van der Waals surface area contributed by atoms with Gasteiger partial charge in [-0.25, -0.2) is 9.18 Å². The molecule has 2 nitrogen and oxygen atoms in total. The van der Waals surface area contributed by atoms with Crippen LogP contribution in [-0.4, -0.2) is 11.1 Å². The normalized spacial score (nSPS) is 10.9. The van der Waals surface area contributed by atoms with Gasteiger partial charge in [0, 0.05) is 0 Å². The number of carbonyl (C=O) groups is 1. The standard InChI is InChI=1S/C15H9FO2/c16-10-5-6-12-13(8-10)11-4-2-1-3-9(11)7-14(12)15(17)18/h1-8H,(H,17,18). The third-order valence-corrected chi connectivity index (χ3v) is 3.05. The molecule has 0 atom stereocenters. The molecular weight excluding hydrogens is 231 g/mol. The molecule has 3 heteroatoms. The molecule has 0 fully saturated rings. The maximum atomic E-state index is 13.3. The molecule has 0 heterocycles. The van der Waals surface area contributed by atoms with Gasteiger partial charge < -0.3 is 5.11 Å². The molecule has 3 aromatic rings. The van der Waals surface area contributed by atoms with Crippen molar-refractivity contribution in [3.05, 3.63) is 59.9 Å². The van der Waals surface area contributed by atoms with Crippen LogP contribution in [0, 0.1) is 5.82 Å². The van der Waals surface area contributed by atoms with Crippen LogP contribution in [0.4, 0.5) is 4.39 Å². The summed E-state index contributed by atoms with van der Waals surface area (Å²) in [6.45, 7) is 0. The Kier molecular flexibility index (Phi) is 2.27. The third-order valence-electron chi connectivity index (χ3n) is 3.05. The lowest BCUT2D eigenvalue weighted by atomic mass is 9.97. The van der Waals surface area contributed by atoms with Crippen LogP contribution in [0.2, 0.25) is 0 Å². The van der Waals surface area contributed by atoms with Crippen molar-refractivity contribution in [2.45, 2.75) is 0 Å². The van der Waals surface area contributed by atoms with Crippen LogP contribution in [0.1, 0.15) is 10.4 Å². The van der Waals surface area contributed by atoms with E-state index in [2.05, 4.69) is 0 Å². The number of hydrogen-bond donors (Lipinski definition) is 1. The number of fused-ring (bicyclic) bond motifs is 3. The summed E-state index contributed by atoms with van der Waals surface area (Å²) in [6, 6.07) is 13.2. The summed E-state index contributed by atoms with van der Waals surface area (Å²) < 4.78 is 13.3. The van der Waals surface area contributed by atoms with E-state index in [-0.39, 0.29) is 11.4 Å². The van der Waals surface area contributed by atoms with E-state index < -0.39 is 5.97 Å². The van der Waals surface area contributed by atoms with Gasteiger partial charge in [0.05, 0.1) is 5.56 Å². The van der Waals surface area contributed by atoms with Gasteiger partial charge in [-0.15, -0.1) is 0 Å². The largest absolute Gasteiger partial charge is 0.478 e. The van der Waals surface area contributed by atoms with Gasteiger partial charge in [0.15, 0.2) is 0 Å². The fourth-order valence-electron chi connectivity index (χ4n) is 2.25. The zero-order chi connectivity index (χ0) is 12.7. The second-order valence-corrected chi connectivity index (χ2v) is 4.14. The van der Waals surface area contributed by atoms with E-state index in [0.29, 0.717) is 10.8 Å². The van der Waals surface area contributed by atoms with E-state index in [1.54, 1.807) is 6.07 Å². The molecule has 0 saturated carbocycles. The van der Waals surface area contributed by atoms with Crippen molar-refractivity contribution in [2.75, 3.05) is 0 Å². The molecule has 0 spiro atoms. The number of rotatable bonds is 1. The highest BCUT2D eigenvalue weighted by Crippen LogP contribution is 2.29. The SMILES string of the molecule is O=C(O)c1cc2ccccc2c2cc(F)ccc12. The first-order chi connectivity index (χ1) is 8.66.